The second-order valence-electron chi connectivity index (χ2n) is 3.11. The molecule has 2 aromatic rings. The third kappa shape index (κ3) is 3.36. The van der Waals surface area contributed by atoms with Crippen molar-refractivity contribution in [2.75, 3.05) is 13.7 Å². The largest absolute Gasteiger partial charge is 0.427 e. The van der Waals surface area contributed by atoms with Crippen LogP contribution in [0.25, 0.3) is 0 Å². The summed E-state index contributed by atoms with van der Waals surface area (Å²) in [6, 6.07) is 3.47. The summed E-state index contributed by atoms with van der Waals surface area (Å²) in [5, 5.41) is 0.757. The molecule has 0 N–H and O–H groups in total. The summed E-state index contributed by atoms with van der Waals surface area (Å²) >= 11 is 7.04. The molecule has 0 aliphatic rings. The van der Waals surface area contributed by atoms with E-state index in [9.17, 15) is 0 Å². The van der Waals surface area contributed by atoms with Crippen molar-refractivity contribution >= 4 is 23.1 Å². The summed E-state index contributed by atoms with van der Waals surface area (Å²) in [5.74, 6) is 1.18. The molecule has 0 aliphatic heterocycles. The average Bonchev–Trinajstić information content (AvgIpc) is 2.77. The van der Waals surface area contributed by atoms with Crippen LogP contribution >= 0.6 is 23.1 Å². The highest BCUT2D eigenvalue weighted by Gasteiger charge is 2.08. The van der Waals surface area contributed by atoms with Crippen molar-refractivity contribution in [1.29, 1.82) is 0 Å². The molecule has 0 atom stereocenters. The lowest BCUT2D eigenvalue weighted by atomic mass is 10.4. The standard InChI is InChI=1S/C10H10ClN3O2S/c1-15-6-4-8-13-10(17-14-8)16-7-3-2-5-12-9(7)11/h2-3,5H,4,6H2,1H3. The van der Waals surface area contributed by atoms with Gasteiger partial charge in [-0.05, 0) is 12.1 Å². The Bertz CT molecular complexity index is 492. The van der Waals surface area contributed by atoms with Crippen molar-refractivity contribution in [3.63, 3.8) is 0 Å². The van der Waals surface area contributed by atoms with Crippen LogP contribution in [0.1, 0.15) is 5.82 Å². The second kappa shape index (κ2) is 5.90. The molecule has 0 saturated heterocycles. The molecule has 0 aromatic carbocycles. The lowest BCUT2D eigenvalue weighted by Crippen LogP contribution is -1.96. The van der Waals surface area contributed by atoms with Gasteiger partial charge in [-0.1, -0.05) is 11.6 Å². The number of hydrogen-bond acceptors (Lipinski definition) is 6. The topological polar surface area (TPSA) is 57.1 Å². The zero-order valence-corrected chi connectivity index (χ0v) is 10.7. The van der Waals surface area contributed by atoms with Crippen LogP contribution in [-0.4, -0.2) is 28.1 Å². The third-order valence-corrected chi connectivity index (χ3v) is 2.82. The van der Waals surface area contributed by atoms with Gasteiger partial charge in [-0.2, -0.15) is 9.36 Å². The molecule has 2 aromatic heterocycles. The Morgan fingerprint density at radius 1 is 1.47 bits per heavy atom. The van der Waals surface area contributed by atoms with Gasteiger partial charge in [0.25, 0.3) is 5.19 Å². The lowest BCUT2D eigenvalue weighted by molar-refractivity contribution is 0.200. The van der Waals surface area contributed by atoms with E-state index in [-0.39, 0.29) is 0 Å². The smallest absolute Gasteiger partial charge is 0.298 e. The zero-order chi connectivity index (χ0) is 12.1. The summed E-state index contributed by atoms with van der Waals surface area (Å²) in [6.07, 6.45) is 2.26. The van der Waals surface area contributed by atoms with E-state index >= 15 is 0 Å². The van der Waals surface area contributed by atoms with Gasteiger partial charge in [0.1, 0.15) is 5.82 Å². The maximum Gasteiger partial charge on any atom is 0.298 e. The molecule has 5 nitrogen and oxygen atoms in total. The molecule has 0 bridgehead atoms. The fourth-order valence-corrected chi connectivity index (χ4v) is 1.86. The normalized spacial score (nSPS) is 10.5. The van der Waals surface area contributed by atoms with Crippen LogP contribution in [0.5, 0.6) is 10.9 Å². The summed E-state index contributed by atoms with van der Waals surface area (Å²) < 4.78 is 14.6. The fraction of sp³-hybridized carbons (Fsp3) is 0.300. The van der Waals surface area contributed by atoms with E-state index in [1.807, 2.05) is 0 Å². The minimum Gasteiger partial charge on any atom is -0.427 e. The first-order valence-corrected chi connectivity index (χ1v) is 6.04. The SMILES string of the molecule is COCCc1nsc(Oc2cccnc2Cl)n1. The number of methoxy groups -OCH3 is 1. The molecule has 0 amide bonds. The Kier molecular flexibility index (Phi) is 4.24. The molecule has 0 spiro atoms. The molecule has 0 radical (unpaired) electrons. The van der Waals surface area contributed by atoms with Crippen LogP contribution < -0.4 is 4.74 Å². The molecule has 0 unspecified atom stereocenters. The molecular weight excluding hydrogens is 262 g/mol. The first kappa shape index (κ1) is 12.2. The Balaban J connectivity index is 2.04. The van der Waals surface area contributed by atoms with Crippen LogP contribution in [-0.2, 0) is 11.2 Å². The Morgan fingerprint density at radius 3 is 3.12 bits per heavy atom. The van der Waals surface area contributed by atoms with Crippen LogP contribution in [0.2, 0.25) is 5.15 Å². The Morgan fingerprint density at radius 2 is 2.35 bits per heavy atom. The van der Waals surface area contributed by atoms with Crippen molar-refractivity contribution in [2.45, 2.75) is 6.42 Å². The average molecular weight is 272 g/mol. The number of nitrogens with zero attached hydrogens (tertiary/aromatic N) is 3. The molecule has 0 aliphatic carbocycles. The van der Waals surface area contributed by atoms with Crippen molar-refractivity contribution in [3.05, 3.63) is 29.3 Å². The molecule has 90 valence electrons. The zero-order valence-electron chi connectivity index (χ0n) is 9.09. The summed E-state index contributed by atoms with van der Waals surface area (Å²) in [7, 11) is 1.64. The number of aromatic nitrogens is 3. The van der Waals surface area contributed by atoms with Gasteiger partial charge in [0.05, 0.1) is 6.61 Å². The maximum atomic E-state index is 5.86. The van der Waals surface area contributed by atoms with Gasteiger partial charge in [-0.15, -0.1) is 0 Å². The summed E-state index contributed by atoms with van der Waals surface area (Å²) in [5.41, 5.74) is 0. The molecule has 17 heavy (non-hydrogen) atoms. The molecule has 0 fully saturated rings. The summed E-state index contributed by atoms with van der Waals surface area (Å²) in [6.45, 7) is 0.587. The van der Waals surface area contributed by atoms with Gasteiger partial charge in [0, 0.05) is 31.3 Å². The highest BCUT2D eigenvalue weighted by atomic mass is 35.5. The monoisotopic (exact) mass is 271 g/mol. The van der Waals surface area contributed by atoms with Gasteiger partial charge < -0.3 is 9.47 Å². The van der Waals surface area contributed by atoms with Crippen molar-refractivity contribution < 1.29 is 9.47 Å². The van der Waals surface area contributed by atoms with E-state index in [1.165, 1.54) is 11.5 Å². The number of hydrogen-bond donors (Lipinski definition) is 0. The minimum atomic E-state index is 0.307. The number of halogens is 1. The van der Waals surface area contributed by atoms with Gasteiger partial charge in [0.2, 0.25) is 0 Å². The van der Waals surface area contributed by atoms with Crippen LogP contribution in [0.4, 0.5) is 0 Å². The van der Waals surface area contributed by atoms with Crippen molar-refractivity contribution in [3.8, 4) is 10.9 Å². The van der Waals surface area contributed by atoms with Gasteiger partial charge >= 0.3 is 0 Å². The quantitative estimate of drug-likeness (QED) is 0.782. The molecule has 2 heterocycles. The molecule has 0 saturated carbocycles. The van der Waals surface area contributed by atoms with Gasteiger partial charge in [0.15, 0.2) is 10.9 Å². The van der Waals surface area contributed by atoms with Gasteiger partial charge in [-0.25, -0.2) is 4.98 Å². The van der Waals surface area contributed by atoms with E-state index in [0.717, 1.165) is 0 Å². The van der Waals surface area contributed by atoms with Crippen molar-refractivity contribution in [1.82, 2.24) is 14.3 Å². The molecular formula is C10H10ClN3O2S. The lowest BCUT2D eigenvalue weighted by Gasteiger charge is -2.01. The third-order valence-electron chi connectivity index (χ3n) is 1.90. The minimum absolute atomic E-state index is 0.307. The first-order chi connectivity index (χ1) is 8.29. The first-order valence-electron chi connectivity index (χ1n) is 4.89. The second-order valence-corrected chi connectivity index (χ2v) is 4.19. The van der Waals surface area contributed by atoms with E-state index < -0.39 is 0 Å². The fourth-order valence-electron chi connectivity index (χ4n) is 1.12. The van der Waals surface area contributed by atoms with E-state index in [2.05, 4.69) is 14.3 Å². The Hall–Kier alpha value is -1.24. The van der Waals surface area contributed by atoms with E-state index in [0.29, 0.717) is 34.9 Å². The molecule has 7 heteroatoms. The van der Waals surface area contributed by atoms with Crippen LogP contribution in [0.3, 0.4) is 0 Å². The highest BCUT2D eigenvalue weighted by molar-refractivity contribution is 7.07. The number of ether oxygens (including phenoxy) is 2. The maximum absolute atomic E-state index is 5.86. The van der Waals surface area contributed by atoms with Gasteiger partial charge in [-0.3, -0.25) is 0 Å². The number of rotatable bonds is 5. The molecule has 2 rings (SSSR count). The van der Waals surface area contributed by atoms with Crippen LogP contribution in [0.15, 0.2) is 18.3 Å². The number of pyridine rings is 1. The predicted octanol–water partition coefficient (Wildman–Crippen LogP) is 2.57. The van der Waals surface area contributed by atoms with Crippen molar-refractivity contribution in [2.24, 2.45) is 0 Å². The summed E-state index contributed by atoms with van der Waals surface area (Å²) in [4.78, 5) is 8.11. The van der Waals surface area contributed by atoms with E-state index in [1.54, 1.807) is 25.4 Å². The Labute approximate surface area is 108 Å². The highest BCUT2D eigenvalue weighted by Crippen LogP contribution is 2.27. The predicted molar refractivity (Wildman–Crippen MR) is 64.8 cm³/mol. The van der Waals surface area contributed by atoms with Crippen LogP contribution in [0, 0.1) is 0 Å². The van der Waals surface area contributed by atoms with E-state index in [4.69, 9.17) is 21.1 Å².